The fraction of sp³-hybridized carbons (Fsp3) is 0.167. The summed E-state index contributed by atoms with van der Waals surface area (Å²) >= 11 is 0. The van der Waals surface area contributed by atoms with Crippen LogP contribution in [0.1, 0.15) is 35.8 Å². The highest BCUT2D eigenvalue weighted by Crippen LogP contribution is 2.48. The molecule has 1 aliphatic carbocycles. The fourth-order valence-corrected chi connectivity index (χ4v) is 4.63. The number of aromatic nitrogens is 3. The van der Waals surface area contributed by atoms with Crippen LogP contribution in [0.15, 0.2) is 83.6 Å². The molecule has 1 aliphatic heterocycles. The second-order valence-electron chi connectivity index (χ2n) is 7.84. The number of hydrogen-bond acceptors (Lipinski definition) is 6. The lowest BCUT2D eigenvalue weighted by molar-refractivity contribution is -0.116. The van der Waals surface area contributed by atoms with Gasteiger partial charge in [-0.3, -0.25) is 9.69 Å². The third-order valence-electron chi connectivity index (χ3n) is 6.06. The number of nitrogens with zero attached hydrogens (tertiary/aromatic N) is 4. The lowest BCUT2D eigenvalue weighted by Gasteiger charge is -2.40. The number of aromatic amines is 1. The third-order valence-corrected chi connectivity index (χ3v) is 6.06. The first-order chi connectivity index (χ1) is 15.6. The Kier molecular flexibility index (Phi) is 4.79. The van der Waals surface area contributed by atoms with Crippen LogP contribution < -0.4 is 10.6 Å². The van der Waals surface area contributed by atoms with Gasteiger partial charge < -0.3 is 5.73 Å². The molecule has 2 atom stereocenters. The minimum absolute atomic E-state index is 0.0434. The van der Waals surface area contributed by atoms with Crippen LogP contribution in [-0.2, 0) is 4.79 Å². The Balaban J connectivity index is 1.71. The number of carbonyl (C=O) groups excluding carboxylic acids is 1. The topological polar surface area (TPSA) is 112 Å². The standard InChI is InChI=1S/C24H19FN6O/c25-17-8-6-15(7-9-17)21-18(12-26)23(27)31(24-28-13-29-30-24)19-10-16(11-20(32)22(19)21)14-4-2-1-3-5-14/h1-9,13,16,21H,10-11,27H2,(H,28,29,30). The normalized spacial score (nSPS) is 20.9. The Hall–Kier alpha value is -4.25. The molecule has 2 aromatic carbocycles. The second-order valence-corrected chi connectivity index (χ2v) is 7.84. The predicted molar refractivity (Wildman–Crippen MR) is 115 cm³/mol. The number of rotatable bonds is 3. The molecule has 158 valence electrons. The van der Waals surface area contributed by atoms with E-state index in [2.05, 4.69) is 21.3 Å². The summed E-state index contributed by atoms with van der Waals surface area (Å²) in [5.41, 5.74) is 9.58. The number of ketones is 1. The maximum absolute atomic E-state index is 13.6. The monoisotopic (exact) mass is 426 g/mol. The Labute approximate surface area is 183 Å². The average Bonchev–Trinajstić information content (AvgIpc) is 3.34. The zero-order chi connectivity index (χ0) is 22.2. The van der Waals surface area contributed by atoms with E-state index in [9.17, 15) is 14.4 Å². The Morgan fingerprint density at radius 2 is 1.84 bits per heavy atom. The maximum atomic E-state index is 13.6. The van der Waals surface area contributed by atoms with Crippen molar-refractivity contribution in [2.75, 3.05) is 4.90 Å². The van der Waals surface area contributed by atoms with Crippen molar-refractivity contribution in [1.29, 1.82) is 5.26 Å². The molecule has 2 unspecified atom stereocenters. The van der Waals surface area contributed by atoms with Gasteiger partial charge in [-0.1, -0.05) is 42.5 Å². The molecule has 3 aromatic rings. The molecule has 0 saturated heterocycles. The molecule has 0 amide bonds. The van der Waals surface area contributed by atoms with E-state index in [4.69, 9.17) is 5.73 Å². The van der Waals surface area contributed by atoms with Crippen molar-refractivity contribution in [3.05, 3.63) is 101 Å². The number of nitriles is 1. The maximum Gasteiger partial charge on any atom is 0.231 e. The van der Waals surface area contributed by atoms with Crippen molar-refractivity contribution in [3.8, 4) is 6.07 Å². The van der Waals surface area contributed by atoms with Gasteiger partial charge >= 0.3 is 0 Å². The lowest BCUT2D eigenvalue weighted by atomic mass is 9.72. The van der Waals surface area contributed by atoms with Gasteiger partial charge in [-0.05, 0) is 35.6 Å². The van der Waals surface area contributed by atoms with Crippen LogP contribution in [0.4, 0.5) is 10.3 Å². The summed E-state index contributed by atoms with van der Waals surface area (Å²) in [6.07, 6.45) is 2.19. The zero-order valence-electron chi connectivity index (χ0n) is 17.0. The largest absolute Gasteiger partial charge is 0.384 e. The molecule has 2 heterocycles. The first-order valence-corrected chi connectivity index (χ1v) is 10.2. The van der Waals surface area contributed by atoms with Crippen molar-refractivity contribution < 1.29 is 9.18 Å². The number of nitrogens with one attached hydrogen (secondary N) is 1. The lowest BCUT2D eigenvalue weighted by Crippen LogP contribution is -2.40. The van der Waals surface area contributed by atoms with Gasteiger partial charge in [0.25, 0.3) is 0 Å². The number of halogens is 1. The highest BCUT2D eigenvalue weighted by Gasteiger charge is 2.43. The smallest absolute Gasteiger partial charge is 0.231 e. The molecule has 7 nitrogen and oxygen atoms in total. The molecule has 3 N–H and O–H groups in total. The predicted octanol–water partition coefficient (Wildman–Crippen LogP) is 3.64. The van der Waals surface area contributed by atoms with Gasteiger partial charge in [0.15, 0.2) is 5.78 Å². The van der Waals surface area contributed by atoms with Crippen LogP contribution in [0.2, 0.25) is 0 Å². The number of hydrogen-bond donors (Lipinski definition) is 2. The molecule has 0 radical (unpaired) electrons. The summed E-state index contributed by atoms with van der Waals surface area (Å²) in [4.78, 5) is 19.4. The number of benzene rings is 2. The summed E-state index contributed by atoms with van der Waals surface area (Å²) in [5.74, 6) is -0.659. The first kappa shape index (κ1) is 19.7. The highest BCUT2D eigenvalue weighted by atomic mass is 19.1. The SMILES string of the molecule is N#CC1=C(N)N(c2ncn[nH]2)C2=C(C(=O)CC(c3ccccc3)C2)C1c1ccc(F)cc1. The van der Waals surface area contributed by atoms with E-state index in [-0.39, 0.29) is 23.1 Å². The molecule has 8 heteroatoms. The van der Waals surface area contributed by atoms with Gasteiger partial charge in [0, 0.05) is 17.7 Å². The highest BCUT2D eigenvalue weighted by molar-refractivity contribution is 6.01. The van der Waals surface area contributed by atoms with Crippen LogP contribution in [0.3, 0.4) is 0 Å². The van der Waals surface area contributed by atoms with Crippen molar-refractivity contribution >= 4 is 11.7 Å². The number of H-pyrrole nitrogens is 1. The van der Waals surface area contributed by atoms with Crippen LogP contribution in [0, 0.1) is 17.1 Å². The number of anilines is 1. The van der Waals surface area contributed by atoms with Gasteiger partial charge in [-0.25, -0.2) is 9.49 Å². The van der Waals surface area contributed by atoms with Crippen LogP contribution in [0.25, 0.3) is 0 Å². The van der Waals surface area contributed by atoms with Gasteiger partial charge in [0.05, 0.1) is 17.6 Å². The van der Waals surface area contributed by atoms with Crippen molar-refractivity contribution in [1.82, 2.24) is 15.2 Å². The van der Waals surface area contributed by atoms with E-state index in [1.807, 2.05) is 30.3 Å². The van der Waals surface area contributed by atoms with Gasteiger partial charge in [0.2, 0.25) is 5.95 Å². The van der Waals surface area contributed by atoms with Crippen LogP contribution in [0.5, 0.6) is 0 Å². The summed E-state index contributed by atoms with van der Waals surface area (Å²) in [7, 11) is 0. The third kappa shape index (κ3) is 3.15. The molecule has 2 aliphatic rings. The molecule has 0 fully saturated rings. The number of allylic oxidation sites excluding steroid dienone is 3. The summed E-state index contributed by atoms with van der Waals surface area (Å²) in [6.45, 7) is 0. The summed E-state index contributed by atoms with van der Waals surface area (Å²) in [6, 6.07) is 17.8. The molecule has 5 rings (SSSR count). The molecular weight excluding hydrogens is 407 g/mol. The molecular formula is C24H19FN6O. The molecule has 0 spiro atoms. The molecule has 32 heavy (non-hydrogen) atoms. The van der Waals surface area contributed by atoms with E-state index in [0.717, 1.165) is 5.56 Å². The Morgan fingerprint density at radius 1 is 1.09 bits per heavy atom. The quantitative estimate of drug-likeness (QED) is 0.661. The van der Waals surface area contributed by atoms with Crippen LogP contribution in [-0.4, -0.2) is 21.0 Å². The minimum Gasteiger partial charge on any atom is -0.384 e. The van der Waals surface area contributed by atoms with E-state index < -0.39 is 11.7 Å². The van der Waals surface area contributed by atoms with Gasteiger partial charge in [0.1, 0.15) is 18.0 Å². The fourth-order valence-electron chi connectivity index (χ4n) is 4.63. The first-order valence-electron chi connectivity index (χ1n) is 10.2. The Morgan fingerprint density at radius 3 is 2.50 bits per heavy atom. The summed E-state index contributed by atoms with van der Waals surface area (Å²) in [5, 5.41) is 16.7. The number of nitrogens with two attached hydrogens (primary N) is 1. The van der Waals surface area contributed by atoms with E-state index in [0.29, 0.717) is 35.6 Å². The van der Waals surface area contributed by atoms with Crippen molar-refractivity contribution in [3.63, 3.8) is 0 Å². The number of Topliss-reactive ketones (excluding diaryl/α,β-unsaturated/α-hetero) is 1. The van der Waals surface area contributed by atoms with Gasteiger partial charge in [-0.15, -0.1) is 0 Å². The van der Waals surface area contributed by atoms with Crippen molar-refractivity contribution in [2.45, 2.75) is 24.7 Å². The minimum atomic E-state index is -0.668. The average molecular weight is 426 g/mol. The zero-order valence-corrected chi connectivity index (χ0v) is 17.0. The van der Waals surface area contributed by atoms with Crippen LogP contribution >= 0.6 is 0 Å². The van der Waals surface area contributed by atoms with Crippen molar-refractivity contribution in [2.24, 2.45) is 5.73 Å². The second kappa shape index (κ2) is 7.78. The van der Waals surface area contributed by atoms with E-state index >= 15 is 0 Å². The molecule has 0 bridgehead atoms. The Bertz CT molecular complexity index is 1270. The summed E-state index contributed by atoms with van der Waals surface area (Å²) < 4.78 is 13.6. The molecule has 1 aromatic heterocycles. The number of carbonyl (C=O) groups is 1. The van der Waals surface area contributed by atoms with E-state index in [1.165, 1.54) is 18.5 Å². The van der Waals surface area contributed by atoms with Gasteiger partial charge in [-0.2, -0.15) is 15.3 Å². The molecule has 0 saturated carbocycles. The van der Waals surface area contributed by atoms with E-state index in [1.54, 1.807) is 17.0 Å².